The van der Waals surface area contributed by atoms with Crippen LogP contribution in [0.4, 0.5) is 0 Å². The zero-order chi connectivity index (χ0) is 19.1. The number of carbonyl (C=O) groups excluding carboxylic acids is 2. The third-order valence-electron chi connectivity index (χ3n) is 3.76. The molecule has 0 unspecified atom stereocenters. The number of carbonyl (C=O) groups is 2. The van der Waals surface area contributed by atoms with Crippen molar-refractivity contribution in [2.45, 2.75) is 45.8 Å². The number of methoxy groups -OCH3 is 1. The third-order valence-corrected chi connectivity index (χ3v) is 3.76. The molecule has 1 aromatic carbocycles. The van der Waals surface area contributed by atoms with Crippen LogP contribution in [0.1, 0.15) is 39.2 Å². The molecule has 1 fully saturated rings. The summed E-state index contributed by atoms with van der Waals surface area (Å²) in [4.78, 5) is 23.7. The highest BCUT2D eigenvalue weighted by Crippen LogP contribution is 2.29. The molecule has 142 valence electrons. The molecule has 2 rings (SSSR count). The molecular weight excluding hydrogens is 334 g/mol. The maximum Gasteiger partial charge on any atom is 0.331 e. The van der Waals surface area contributed by atoms with Gasteiger partial charge in [-0.05, 0) is 49.5 Å². The maximum absolute atomic E-state index is 11.9. The van der Waals surface area contributed by atoms with Crippen molar-refractivity contribution in [1.82, 2.24) is 5.32 Å². The molecule has 0 heterocycles. The molecule has 6 nitrogen and oxygen atoms in total. The first-order valence-electron chi connectivity index (χ1n) is 8.89. The standard InChI is InChI=1S/C20H27NO5/c1-13(2)12-25-17-9-5-15(11-18(17)24-4)6-10-19(22)26-14(3)20(23)21-16-7-8-16/h5-6,9-11,13-14,16H,7-8,12H2,1-4H3,(H,21,23)/b10-6+/t14-/m1/s1. The molecule has 6 heteroatoms. The summed E-state index contributed by atoms with van der Waals surface area (Å²) in [5.74, 6) is 0.836. The summed E-state index contributed by atoms with van der Waals surface area (Å²) in [5.41, 5.74) is 0.769. The summed E-state index contributed by atoms with van der Waals surface area (Å²) < 4.78 is 16.2. The average molecular weight is 361 g/mol. The number of amides is 1. The first-order chi connectivity index (χ1) is 12.4. The minimum atomic E-state index is -0.811. The Kier molecular flexibility index (Phi) is 7.06. The van der Waals surface area contributed by atoms with Gasteiger partial charge in [0.25, 0.3) is 5.91 Å². The lowest BCUT2D eigenvalue weighted by Gasteiger charge is -2.13. The topological polar surface area (TPSA) is 73.9 Å². The van der Waals surface area contributed by atoms with E-state index >= 15 is 0 Å². The second kappa shape index (κ2) is 9.27. The van der Waals surface area contributed by atoms with Gasteiger partial charge in [0.05, 0.1) is 13.7 Å². The van der Waals surface area contributed by atoms with Crippen LogP contribution in [0.3, 0.4) is 0 Å². The Morgan fingerprint density at radius 3 is 2.58 bits per heavy atom. The van der Waals surface area contributed by atoms with Crippen molar-refractivity contribution in [1.29, 1.82) is 0 Å². The van der Waals surface area contributed by atoms with Crippen LogP contribution < -0.4 is 14.8 Å². The highest BCUT2D eigenvalue weighted by Gasteiger charge is 2.26. The van der Waals surface area contributed by atoms with Gasteiger partial charge in [0, 0.05) is 12.1 Å². The number of hydrogen-bond donors (Lipinski definition) is 1. The van der Waals surface area contributed by atoms with E-state index in [1.54, 1.807) is 32.2 Å². The van der Waals surface area contributed by atoms with E-state index in [1.165, 1.54) is 6.08 Å². The fraction of sp³-hybridized carbons (Fsp3) is 0.500. The smallest absolute Gasteiger partial charge is 0.331 e. The first kappa shape index (κ1) is 19.8. The van der Waals surface area contributed by atoms with E-state index in [0.29, 0.717) is 24.0 Å². The number of ether oxygens (including phenoxy) is 3. The van der Waals surface area contributed by atoms with Crippen molar-refractivity contribution < 1.29 is 23.8 Å². The zero-order valence-electron chi connectivity index (χ0n) is 15.8. The van der Waals surface area contributed by atoms with Crippen LogP contribution in [0.5, 0.6) is 11.5 Å². The fourth-order valence-electron chi connectivity index (χ4n) is 2.14. The molecule has 0 radical (unpaired) electrons. The first-order valence-corrected chi connectivity index (χ1v) is 8.89. The number of hydrogen-bond acceptors (Lipinski definition) is 5. The Morgan fingerprint density at radius 2 is 1.96 bits per heavy atom. The van der Waals surface area contributed by atoms with Crippen LogP contribution in [-0.4, -0.2) is 37.7 Å². The molecular formula is C20H27NO5. The van der Waals surface area contributed by atoms with Crippen molar-refractivity contribution in [3.8, 4) is 11.5 Å². The lowest BCUT2D eigenvalue weighted by atomic mass is 10.2. The second-order valence-corrected chi connectivity index (χ2v) is 6.81. The molecule has 0 saturated heterocycles. The Morgan fingerprint density at radius 1 is 1.23 bits per heavy atom. The van der Waals surface area contributed by atoms with Crippen LogP contribution in [0, 0.1) is 5.92 Å². The third kappa shape index (κ3) is 6.43. The van der Waals surface area contributed by atoms with Crippen LogP contribution >= 0.6 is 0 Å². The molecule has 0 spiro atoms. The van der Waals surface area contributed by atoms with E-state index in [1.807, 2.05) is 6.07 Å². The second-order valence-electron chi connectivity index (χ2n) is 6.81. The van der Waals surface area contributed by atoms with Gasteiger partial charge < -0.3 is 19.5 Å². The van der Waals surface area contributed by atoms with Crippen molar-refractivity contribution >= 4 is 18.0 Å². The van der Waals surface area contributed by atoms with E-state index in [4.69, 9.17) is 14.2 Å². The maximum atomic E-state index is 11.9. The zero-order valence-corrected chi connectivity index (χ0v) is 15.8. The quantitative estimate of drug-likeness (QED) is 0.541. The van der Waals surface area contributed by atoms with Crippen LogP contribution in [0.25, 0.3) is 6.08 Å². The normalized spacial score (nSPS) is 15.0. The molecule has 0 bridgehead atoms. The largest absolute Gasteiger partial charge is 0.493 e. The van der Waals surface area contributed by atoms with Crippen LogP contribution in [-0.2, 0) is 14.3 Å². The number of rotatable bonds is 9. The molecule has 1 atom stereocenters. The Balaban J connectivity index is 1.91. The van der Waals surface area contributed by atoms with Crippen LogP contribution in [0.2, 0.25) is 0 Å². The number of nitrogens with one attached hydrogen (secondary N) is 1. The van der Waals surface area contributed by atoms with Gasteiger partial charge in [0.1, 0.15) is 0 Å². The van der Waals surface area contributed by atoms with Crippen molar-refractivity contribution in [2.24, 2.45) is 5.92 Å². The van der Waals surface area contributed by atoms with Gasteiger partial charge in [-0.25, -0.2) is 4.79 Å². The summed E-state index contributed by atoms with van der Waals surface area (Å²) >= 11 is 0. The van der Waals surface area contributed by atoms with E-state index in [9.17, 15) is 9.59 Å². The highest BCUT2D eigenvalue weighted by molar-refractivity contribution is 5.90. The molecule has 1 aromatic rings. The van der Waals surface area contributed by atoms with E-state index in [-0.39, 0.29) is 11.9 Å². The van der Waals surface area contributed by atoms with Crippen molar-refractivity contribution in [2.75, 3.05) is 13.7 Å². The molecule has 1 saturated carbocycles. The molecule has 1 aliphatic rings. The minimum absolute atomic E-state index is 0.239. The van der Waals surface area contributed by atoms with Gasteiger partial charge in [0.2, 0.25) is 0 Å². The van der Waals surface area contributed by atoms with E-state index in [2.05, 4.69) is 19.2 Å². The SMILES string of the molecule is COc1cc(/C=C/C(=O)O[C@H](C)C(=O)NC2CC2)ccc1OCC(C)C. The molecule has 1 N–H and O–H groups in total. The predicted octanol–water partition coefficient (Wildman–Crippen LogP) is 2.95. The van der Waals surface area contributed by atoms with Crippen LogP contribution in [0.15, 0.2) is 24.3 Å². The Labute approximate surface area is 154 Å². The Hall–Kier alpha value is -2.50. The number of esters is 1. The van der Waals surface area contributed by atoms with E-state index < -0.39 is 12.1 Å². The molecule has 0 aromatic heterocycles. The van der Waals surface area contributed by atoms with E-state index in [0.717, 1.165) is 18.4 Å². The molecule has 0 aliphatic heterocycles. The molecule has 1 amide bonds. The van der Waals surface area contributed by atoms with Gasteiger partial charge in [-0.2, -0.15) is 0 Å². The van der Waals surface area contributed by atoms with Gasteiger partial charge in [0.15, 0.2) is 17.6 Å². The molecule has 1 aliphatic carbocycles. The van der Waals surface area contributed by atoms with Crippen molar-refractivity contribution in [3.05, 3.63) is 29.8 Å². The monoisotopic (exact) mass is 361 g/mol. The highest BCUT2D eigenvalue weighted by atomic mass is 16.5. The summed E-state index contributed by atoms with van der Waals surface area (Å²) in [6.07, 6.45) is 4.08. The average Bonchev–Trinajstić information content (AvgIpc) is 3.42. The summed E-state index contributed by atoms with van der Waals surface area (Å²) in [6.45, 7) is 6.30. The summed E-state index contributed by atoms with van der Waals surface area (Å²) in [6, 6.07) is 5.65. The van der Waals surface area contributed by atoms with Gasteiger partial charge in [-0.3, -0.25) is 4.79 Å². The lowest BCUT2D eigenvalue weighted by molar-refractivity contribution is -0.150. The number of benzene rings is 1. The minimum Gasteiger partial charge on any atom is -0.493 e. The molecule has 26 heavy (non-hydrogen) atoms. The Bertz CT molecular complexity index is 664. The van der Waals surface area contributed by atoms with Gasteiger partial charge >= 0.3 is 5.97 Å². The predicted molar refractivity (Wildman–Crippen MR) is 99.1 cm³/mol. The fourth-order valence-corrected chi connectivity index (χ4v) is 2.14. The summed E-state index contributed by atoms with van der Waals surface area (Å²) in [5, 5.41) is 2.80. The van der Waals surface area contributed by atoms with Gasteiger partial charge in [-0.15, -0.1) is 0 Å². The van der Waals surface area contributed by atoms with Crippen molar-refractivity contribution in [3.63, 3.8) is 0 Å². The lowest BCUT2D eigenvalue weighted by Crippen LogP contribution is -2.36. The van der Waals surface area contributed by atoms with Gasteiger partial charge in [-0.1, -0.05) is 19.9 Å². The summed E-state index contributed by atoms with van der Waals surface area (Å²) in [7, 11) is 1.57.